The van der Waals surface area contributed by atoms with Crippen molar-refractivity contribution in [2.45, 2.75) is 6.04 Å². The van der Waals surface area contributed by atoms with Gasteiger partial charge in [-0.05, 0) is 0 Å². The molecule has 1 heterocycles. The molecular formula is C4H4N2O2. The third-order valence-corrected chi connectivity index (χ3v) is 0.848. The fourth-order valence-electron chi connectivity index (χ4n) is 0.433. The number of hydrogen-bond donors (Lipinski definition) is 1. The van der Waals surface area contributed by atoms with Gasteiger partial charge < -0.3 is 10.0 Å². The number of nitriles is 1. The van der Waals surface area contributed by atoms with Gasteiger partial charge in [-0.3, -0.25) is 0 Å². The lowest BCUT2D eigenvalue weighted by Gasteiger charge is -2.13. The molecule has 1 aliphatic rings. The van der Waals surface area contributed by atoms with Gasteiger partial charge >= 0.3 is 0 Å². The van der Waals surface area contributed by atoms with Gasteiger partial charge in [-0.2, -0.15) is 10.5 Å². The normalized spacial score (nSPS) is 34.0. The molecule has 4 nitrogen and oxygen atoms in total. The lowest BCUT2D eigenvalue weighted by atomic mass is 10.4. The highest BCUT2D eigenvalue weighted by Crippen LogP contribution is 1.85. The molecule has 42 valence electrons. The maximum Gasteiger partial charge on any atom is 0.234 e. The van der Waals surface area contributed by atoms with Gasteiger partial charge in [0.25, 0.3) is 0 Å². The molecule has 0 fully saturated rings. The van der Waals surface area contributed by atoms with Crippen LogP contribution < -0.4 is 5.23 Å². The van der Waals surface area contributed by atoms with Crippen LogP contribution in [0.4, 0.5) is 0 Å². The van der Waals surface area contributed by atoms with Gasteiger partial charge in [-0.25, -0.2) is 0 Å². The maximum absolute atomic E-state index is 10.3. The largest absolute Gasteiger partial charge is 0.590 e. The molecule has 0 aromatic rings. The summed E-state index contributed by atoms with van der Waals surface area (Å²) in [5.41, 5.74) is 0. The molecule has 2 atom stereocenters. The second-order valence-corrected chi connectivity index (χ2v) is 1.37. The molecule has 0 bridgehead atoms. The summed E-state index contributed by atoms with van der Waals surface area (Å²) >= 11 is 0. The first-order chi connectivity index (χ1) is 3.84. The van der Waals surface area contributed by atoms with Crippen molar-refractivity contribution in [2.75, 3.05) is 0 Å². The smallest absolute Gasteiger partial charge is 0.234 e. The van der Waals surface area contributed by atoms with Crippen molar-refractivity contribution < 1.29 is 10.1 Å². The van der Waals surface area contributed by atoms with Crippen molar-refractivity contribution in [2.24, 2.45) is 0 Å². The summed E-state index contributed by atoms with van der Waals surface area (Å²) in [6.45, 7) is 0. The maximum atomic E-state index is 10.3. The van der Waals surface area contributed by atoms with E-state index in [2.05, 4.69) is 4.84 Å². The summed E-state index contributed by atoms with van der Waals surface area (Å²) in [7, 11) is 0. The van der Waals surface area contributed by atoms with E-state index in [0.29, 0.717) is 0 Å². The molecule has 0 aromatic heterocycles. The van der Waals surface area contributed by atoms with E-state index in [0.717, 1.165) is 0 Å². The van der Waals surface area contributed by atoms with Gasteiger partial charge in [-0.15, -0.1) is 0 Å². The Kier molecular flexibility index (Phi) is 1.16. The second-order valence-electron chi connectivity index (χ2n) is 1.37. The Bertz CT molecular complexity index is 149. The summed E-state index contributed by atoms with van der Waals surface area (Å²) in [5.74, 6) is 0. The van der Waals surface area contributed by atoms with E-state index in [1.807, 2.05) is 0 Å². The molecule has 0 radical (unpaired) electrons. The standard InChI is InChI=1S/C4H4N2O2/c5-3-4-1-2-8-6(4)7/h1-2,4,6H. The van der Waals surface area contributed by atoms with E-state index in [1.54, 1.807) is 6.07 Å². The lowest BCUT2D eigenvalue weighted by molar-refractivity contribution is -1.04. The van der Waals surface area contributed by atoms with Crippen LogP contribution in [0.25, 0.3) is 0 Å². The van der Waals surface area contributed by atoms with Crippen LogP contribution in [0.2, 0.25) is 0 Å². The summed E-state index contributed by atoms with van der Waals surface area (Å²) in [6.07, 6.45) is 2.65. The van der Waals surface area contributed by atoms with Gasteiger partial charge in [0.1, 0.15) is 6.07 Å². The zero-order valence-electron chi connectivity index (χ0n) is 4.00. The predicted molar refractivity (Wildman–Crippen MR) is 24.0 cm³/mol. The average Bonchev–Trinajstić information content (AvgIpc) is 2.14. The summed E-state index contributed by atoms with van der Waals surface area (Å²) in [5, 5.41) is 18.0. The van der Waals surface area contributed by atoms with Crippen molar-refractivity contribution in [1.82, 2.24) is 0 Å². The van der Waals surface area contributed by atoms with Crippen LogP contribution in [0.1, 0.15) is 0 Å². The van der Waals surface area contributed by atoms with E-state index in [4.69, 9.17) is 5.26 Å². The molecule has 1 aliphatic heterocycles. The van der Waals surface area contributed by atoms with E-state index in [1.165, 1.54) is 12.3 Å². The number of rotatable bonds is 0. The van der Waals surface area contributed by atoms with Crippen molar-refractivity contribution in [1.29, 1.82) is 5.26 Å². The quantitative estimate of drug-likeness (QED) is 0.397. The topological polar surface area (TPSA) is 60.5 Å². The molecule has 8 heavy (non-hydrogen) atoms. The van der Waals surface area contributed by atoms with E-state index in [-0.39, 0.29) is 0 Å². The van der Waals surface area contributed by atoms with E-state index < -0.39 is 11.3 Å². The molecule has 0 aromatic carbocycles. The Hall–Kier alpha value is -1.05. The molecule has 0 saturated carbocycles. The van der Waals surface area contributed by atoms with Gasteiger partial charge in [0.2, 0.25) is 6.04 Å². The molecule has 0 aliphatic carbocycles. The Labute approximate surface area is 46.1 Å². The minimum absolute atomic E-state index is 0.479. The van der Waals surface area contributed by atoms with Crippen LogP contribution in [-0.4, -0.2) is 6.04 Å². The Morgan fingerprint density at radius 2 is 2.62 bits per heavy atom. The highest BCUT2D eigenvalue weighted by atomic mass is 16.9. The van der Waals surface area contributed by atoms with Gasteiger partial charge in [0, 0.05) is 6.08 Å². The minimum atomic E-state index is -0.671. The van der Waals surface area contributed by atoms with Crippen molar-refractivity contribution in [3.05, 3.63) is 17.5 Å². The van der Waals surface area contributed by atoms with Gasteiger partial charge in [0.15, 0.2) is 6.26 Å². The Balaban J connectivity index is 2.57. The average molecular weight is 112 g/mol. The molecule has 4 heteroatoms. The van der Waals surface area contributed by atoms with Crippen LogP contribution in [0, 0.1) is 16.5 Å². The molecular weight excluding hydrogens is 108 g/mol. The van der Waals surface area contributed by atoms with Crippen molar-refractivity contribution >= 4 is 0 Å². The zero-order chi connectivity index (χ0) is 5.98. The third-order valence-electron chi connectivity index (χ3n) is 0.848. The first kappa shape index (κ1) is 5.09. The summed E-state index contributed by atoms with van der Waals surface area (Å²) < 4.78 is 0. The molecule has 2 unspecified atom stereocenters. The number of quaternary nitrogens is 1. The number of nitrogens with zero attached hydrogens (tertiary/aromatic N) is 1. The fourth-order valence-corrected chi connectivity index (χ4v) is 0.433. The van der Waals surface area contributed by atoms with Crippen LogP contribution in [-0.2, 0) is 4.84 Å². The molecule has 0 amide bonds. The first-order valence-electron chi connectivity index (χ1n) is 2.11. The number of nitrogens with one attached hydrogen (secondary N) is 1. The van der Waals surface area contributed by atoms with E-state index >= 15 is 0 Å². The molecule has 0 saturated heterocycles. The minimum Gasteiger partial charge on any atom is -0.590 e. The monoisotopic (exact) mass is 112 g/mol. The highest BCUT2D eigenvalue weighted by molar-refractivity contribution is 4.99. The van der Waals surface area contributed by atoms with Gasteiger partial charge in [0.05, 0.1) is 0 Å². The molecule has 1 rings (SSSR count). The number of hydrogen-bond acceptors (Lipinski definition) is 3. The van der Waals surface area contributed by atoms with Crippen molar-refractivity contribution in [3.8, 4) is 6.07 Å². The molecule has 1 N–H and O–H groups in total. The van der Waals surface area contributed by atoms with Crippen molar-refractivity contribution in [3.63, 3.8) is 0 Å². The van der Waals surface area contributed by atoms with Gasteiger partial charge in [-0.1, -0.05) is 0 Å². The zero-order valence-corrected chi connectivity index (χ0v) is 4.00. The second kappa shape index (κ2) is 1.82. The van der Waals surface area contributed by atoms with Crippen LogP contribution in [0.15, 0.2) is 12.3 Å². The SMILES string of the molecule is N#CC1C=CO[NH+]1[O-]. The Morgan fingerprint density at radius 1 is 1.88 bits per heavy atom. The molecule has 0 spiro atoms. The number of hydroxylamine groups is 2. The third kappa shape index (κ3) is 0.644. The van der Waals surface area contributed by atoms with E-state index in [9.17, 15) is 5.21 Å². The van der Waals surface area contributed by atoms with Crippen LogP contribution in [0.5, 0.6) is 0 Å². The predicted octanol–water partition coefficient (Wildman–Crippen LogP) is -1.28. The summed E-state index contributed by atoms with van der Waals surface area (Å²) in [6, 6.07) is 1.08. The first-order valence-corrected chi connectivity index (χ1v) is 2.11. The summed E-state index contributed by atoms with van der Waals surface area (Å²) in [4.78, 5) is 4.31. The fraction of sp³-hybridized carbons (Fsp3) is 0.250. The van der Waals surface area contributed by atoms with Crippen LogP contribution in [0.3, 0.4) is 0 Å². The van der Waals surface area contributed by atoms with Crippen LogP contribution >= 0.6 is 0 Å². The lowest BCUT2D eigenvalue weighted by Crippen LogP contribution is -3.07. The Morgan fingerprint density at radius 3 is 2.88 bits per heavy atom. The highest BCUT2D eigenvalue weighted by Gasteiger charge is 2.16.